The number of benzene rings is 2. The topological polar surface area (TPSA) is 82.0 Å². The van der Waals surface area contributed by atoms with Crippen molar-refractivity contribution in [3.8, 4) is 5.75 Å². The number of para-hydroxylation sites is 1. The van der Waals surface area contributed by atoms with Crippen LogP contribution in [-0.4, -0.2) is 59.1 Å². The molecule has 0 spiro atoms. The standard InChI is InChI=1S/C24H34N2O4/c1-24(2,3)26(23(28)29)20(16-18-10-6-5-7-11-18)21(27)17-25-15-14-19-12-8-9-13-22(19)30-4/h5-13,20-21,25,27H,14-17H2,1-4H3,(H,28,29)/t20-,21-/m0/s1. The van der Waals surface area contributed by atoms with Gasteiger partial charge in [0.05, 0.1) is 19.3 Å². The van der Waals surface area contributed by atoms with E-state index in [1.165, 1.54) is 4.90 Å². The Morgan fingerprint density at radius 2 is 1.73 bits per heavy atom. The molecule has 0 aliphatic heterocycles. The molecule has 164 valence electrons. The van der Waals surface area contributed by atoms with Crippen LogP contribution in [0.25, 0.3) is 0 Å². The minimum absolute atomic E-state index is 0.298. The maximum Gasteiger partial charge on any atom is 0.408 e. The average molecular weight is 415 g/mol. The molecule has 0 aliphatic rings. The van der Waals surface area contributed by atoms with E-state index in [1.54, 1.807) is 7.11 Å². The molecule has 0 saturated heterocycles. The highest BCUT2D eigenvalue weighted by Gasteiger charge is 2.37. The Labute approximate surface area is 179 Å². The highest BCUT2D eigenvalue weighted by atomic mass is 16.5. The molecule has 2 aromatic rings. The summed E-state index contributed by atoms with van der Waals surface area (Å²) in [7, 11) is 1.65. The van der Waals surface area contributed by atoms with E-state index in [1.807, 2.05) is 75.4 Å². The normalized spacial score (nSPS) is 13.5. The minimum Gasteiger partial charge on any atom is -0.496 e. The van der Waals surface area contributed by atoms with Crippen molar-refractivity contribution in [3.63, 3.8) is 0 Å². The average Bonchev–Trinajstić information content (AvgIpc) is 2.70. The van der Waals surface area contributed by atoms with Crippen LogP contribution in [0, 0.1) is 0 Å². The van der Waals surface area contributed by atoms with Crippen molar-refractivity contribution in [2.24, 2.45) is 0 Å². The van der Waals surface area contributed by atoms with Crippen LogP contribution >= 0.6 is 0 Å². The van der Waals surface area contributed by atoms with E-state index < -0.39 is 23.8 Å². The number of carbonyl (C=O) groups is 1. The van der Waals surface area contributed by atoms with Crippen LogP contribution in [0.1, 0.15) is 31.9 Å². The molecule has 3 N–H and O–H groups in total. The van der Waals surface area contributed by atoms with Crippen LogP contribution in [0.3, 0.4) is 0 Å². The molecular weight excluding hydrogens is 380 g/mol. The van der Waals surface area contributed by atoms with E-state index in [-0.39, 0.29) is 0 Å². The summed E-state index contributed by atoms with van der Waals surface area (Å²) in [4.78, 5) is 13.4. The number of aliphatic hydroxyl groups is 1. The molecule has 30 heavy (non-hydrogen) atoms. The molecule has 0 aromatic heterocycles. The lowest BCUT2D eigenvalue weighted by Gasteiger charge is -2.42. The SMILES string of the molecule is COc1ccccc1CCNC[C@H](O)[C@H](Cc1ccccc1)N(C(=O)O)C(C)(C)C. The molecule has 0 unspecified atom stereocenters. The number of hydrogen-bond donors (Lipinski definition) is 3. The fraction of sp³-hybridized carbons (Fsp3) is 0.458. The zero-order valence-corrected chi connectivity index (χ0v) is 18.3. The number of methoxy groups -OCH3 is 1. The van der Waals surface area contributed by atoms with Crippen molar-refractivity contribution in [1.29, 1.82) is 0 Å². The van der Waals surface area contributed by atoms with Crippen molar-refractivity contribution in [2.75, 3.05) is 20.2 Å². The molecule has 0 bridgehead atoms. The summed E-state index contributed by atoms with van der Waals surface area (Å²) in [5.74, 6) is 0.839. The monoisotopic (exact) mass is 414 g/mol. The number of rotatable bonds is 10. The van der Waals surface area contributed by atoms with E-state index in [9.17, 15) is 15.0 Å². The highest BCUT2D eigenvalue weighted by molar-refractivity contribution is 5.66. The zero-order valence-electron chi connectivity index (χ0n) is 18.3. The second-order valence-electron chi connectivity index (χ2n) is 8.41. The maximum atomic E-state index is 12.0. The molecule has 0 heterocycles. The smallest absolute Gasteiger partial charge is 0.408 e. The van der Waals surface area contributed by atoms with Crippen LogP contribution in [0.5, 0.6) is 5.75 Å². The first-order valence-corrected chi connectivity index (χ1v) is 10.3. The Balaban J connectivity index is 2.06. The van der Waals surface area contributed by atoms with E-state index >= 15 is 0 Å². The number of ether oxygens (including phenoxy) is 1. The fourth-order valence-electron chi connectivity index (χ4n) is 3.70. The third-order valence-corrected chi connectivity index (χ3v) is 5.11. The van der Waals surface area contributed by atoms with Gasteiger partial charge in [-0.05, 0) is 57.4 Å². The lowest BCUT2D eigenvalue weighted by Crippen LogP contribution is -2.58. The molecule has 2 atom stereocenters. The largest absolute Gasteiger partial charge is 0.496 e. The Hall–Kier alpha value is -2.57. The van der Waals surface area contributed by atoms with Gasteiger partial charge in [0.1, 0.15) is 5.75 Å². The van der Waals surface area contributed by atoms with E-state index in [2.05, 4.69) is 5.32 Å². The van der Waals surface area contributed by atoms with Crippen molar-refractivity contribution in [1.82, 2.24) is 10.2 Å². The highest BCUT2D eigenvalue weighted by Crippen LogP contribution is 2.23. The first kappa shape index (κ1) is 23.7. The quantitative estimate of drug-likeness (QED) is 0.518. The number of hydrogen-bond acceptors (Lipinski definition) is 4. The number of carboxylic acid groups (broad SMARTS) is 1. The fourth-order valence-corrected chi connectivity index (χ4v) is 3.70. The third kappa shape index (κ3) is 6.75. The van der Waals surface area contributed by atoms with Crippen molar-refractivity contribution in [3.05, 3.63) is 65.7 Å². The molecule has 0 aliphatic carbocycles. The van der Waals surface area contributed by atoms with Crippen molar-refractivity contribution >= 4 is 6.09 Å². The number of nitrogens with zero attached hydrogens (tertiary/aromatic N) is 1. The van der Waals surface area contributed by atoms with Gasteiger partial charge >= 0.3 is 6.09 Å². The predicted molar refractivity (Wildman–Crippen MR) is 119 cm³/mol. The van der Waals surface area contributed by atoms with Crippen molar-refractivity contribution in [2.45, 2.75) is 51.3 Å². The van der Waals surface area contributed by atoms with Gasteiger partial charge < -0.3 is 20.3 Å². The minimum atomic E-state index is -1.03. The van der Waals surface area contributed by atoms with Crippen LogP contribution < -0.4 is 10.1 Å². The molecule has 2 aromatic carbocycles. The lowest BCUT2D eigenvalue weighted by atomic mass is 9.94. The number of amides is 1. The van der Waals surface area contributed by atoms with Crippen LogP contribution in [0.2, 0.25) is 0 Å². The number of aliphatic hydroxyl groups excluding tert-OH is 1. The molecule has 6 nitrogen and oxygen atoms in total. The van der Waals surface area contributed by atoms with Gasteiger partial charge in [-0.25, -0.2) is 4.79 Å². The van der Waals surface area contributed by atoms with Gasteiger partial charge in [0.15, 0.2) is 0 Å². The predicted octanol–water partition coefficient (Wildman–Crippen LogP) is 3.58. The second kappa shape index (κ2) is 11.0. The Morgan fingerprint density at radius 1 is 1.10 bits per heavy atom. The molecule has 0 saturated carbocycles. The van der Waals surface area contributed by atoms with Crippen LogP contribution in [0.15, 0.2) is 54.6 Å². The van der Waals surface area contributed by atoms with Crippen LogP contribution in [0.4, 0.5) is 4.79 Å². The van der Waals surface area contributed by atoms with Crippen LogP contribution in [-0.2, 0) is 12.8 Å². The number of nitrogens with one attached hydrogen (secondary N) is 1. The van der Waals surface area contributed by atoms with E-state index in [0.717, 1.165) is 23.3 Å². The Bertz CT molecular complexity index is 789. The summed E-state index contributed by atoms with van der Waals surface area (Å²) in [6, 6.07) is 17.0. The van der Waals surface area contributed by atoms with Gasteiger partial charge in [-0.15, -0.1) is 0 Å². The van der Waals surface area contributed by atoms with Gasteiger partial charge in [0.25, 0.3) is 0 Å². The van der Waals surface area contributed by atoms with E-state index in [0.29, 0.717) is 19.5 Å². The first-order valence-electron chi connectivity index (χ1n) is 10.3. The summed E-state index contributed by atoms with van der Waals surface area (Å²) in [5, 5.41) is 24.1. The lowest BCUT2D eigenvalue weighted by molar-refractivity contribution is 0.00792. The summed E-state index contributed by atoms with van der Waals surface area (Å²) in [6.07, 6.45) is -0.684. The molecule has 0 fully saturated rings. The Morgan fingerprint density at radius 3 is 2.33 bits per heavy atom. The van der Waals surface area contributed by atoms with Crippen molar-refractivity contribution < 1.29 is 19.7 Å². The molecule has 2 rings (SSSR count). The van der Waals surface area contributed by atoms with E-state index in [4.69, 9.17) is 4.74 Å². The zero-order chi connectivity index (χ0) is 22.1. The maximum absolute atomic E-state index is 12.0. The molecule has 0 radical (unpaired) electrons. The van der Waals surface area contributed by atoms with Gasteiger partial charge in [-0.2, -0.15) is 0 Å². The van der Waals surface area contributed by atoms with Gasteiger partial charge in [-0.3, -0.25) is 4.90 Å². The Kier molecular flexibility index (Phi) is 8.69. The van der Waals surface area contributed by atoms with Gasteiger partial charge in [0.2, 0.25) is 0 Å². The third-order valence-electron chi connectivity index (χ3n) is 5.11. The first-order chi connectivity index (χ1) is 14.2. The molecule has 6 heteroatoms. The summed E-state index contributed by atoms with van der Waals surface area (Å²) < 4.78 is 5.37. The van der Waals surface area contributed by atoms with Gasteiger partial charge in [-0.1, -0.05) is 48.5 Å². The second-order valence-corrected chi connectivity index (χ2v) is 8.41. The summed E-state index contributed by atoms with van der Waals surface area (Å²) in [6.45, 7) is 6.49. The molecular formula is C24H34N2O4. The van der Waals surface area contributed by atoms with Gasteiger partial charge in [0, 0.05) is 12.1 Å². The summed E-state index contributed by atoms with van der Waals surface area (Å²) >= 11 is 0. The summed E-state index contributed by atoms with van der Waals surface area (Å²) in [5.41, 5.74) is 1.44. The molecule has 1 amide bonds.